The van der Waals surface area contributed by atoms with Crippen LogP contribution in [0.5, 0.6) is 0 Å². The van der Waals surface area contributed by atoms with Crippen LogP contribution in [-0.4, -0.2) is 11.6 Å². The number of carbonyl (C=O) groups is 2. The van der Waals surface area contributed by atoms with Gasteiger partial charge in [0.2, 0.25) is 0 Å². The minimum atomic E-state index is 0.372. The van der Waals surface area contributed by atoms with E-state index in [0.717, 1.165) is 36.7 Å². The zero-order valence-electron chi connectivity index (χ0n) is 10.7. The van der Waals surface area contributed by atoms with Gasteiger partial charge in [0.05, 0.1) is 0 Å². The lowest BCUT2D eigenvalue weighted by Gasteiger charge is -2.23. The fourth-order valence-electron chi connectivity index (χ4n) is 4.65. The molecule has 2 heteroatoms. The molecule has 0 radical (unpaired) electrons. The first kappa shape index (κ1) is 11.0. The Morgan fingerprint density at radius 2 is 1.78 bits per heavy atom. The van der Waals surface area contributed by atoms with Gasteiger partial charge in [-0.2, -0.15) is 0 Å². The minimum absolute atomic E-state index is 0.372. The SMILES string of the molecule is O=C1CC2CC3CC3CCC3=CC(CC3=O)C2C1. The first-order valence-corrected chi connectivity index (χ1v) is 7.46. The largest absolute Gasteiger partial charge is 0.300 e. The highest BCUT2D eigenvalue weighted by atomic mass is 16.1. The summed E-state index contributed by atoms with van der Waals surface area (Å²) in [6.45, 7) is 0. The number of carbonyl (C=O) groups excluding carboxylic acids is 2. The van der Waals surface area contributed by atoms with E-state index in [-0.39, 0.29) is 0 Å². The van der Waals surface area contributed by atoms with Crippen molar-refractivity contribution < 1.29 is 9.59 Å². The summed E-state index contributed by atoms with van der Waals surface area (Å²) in [6.07, 6.45) is 9.28. The molecule has 0 saturated heterocycles. The number of Topliss-reactive ketones (excluding diaryl/α,β-unsaturated/α-hetero) is 2. The van der Waals surface area contributed by atoms with E-state index in [1.165, 1.54) is 19.3 Å². The van der Waals surface area contributed by atoms with Crippen molar-refractivity contribution in [2.45, 2.75) is 44.9 Å². The number of hydrogen-bond acceptors (Lipinski definition) is 2. The molecule has 0 spiro atoms. The van der Waals surface area contributed by atoms with E-state index < -0.39 is 0 Å². The Kier molecular flexibility index (Phi) is 2.30. The van der Waals surface area contributed by atoms with E-state index in [0.29, 0.717) is 35.7 Å². The highest BCUT2D eigenvalue weighted by molar-refractivity contribution is 5.98. The average molecular weight is 244 g/mol. The Labute approximate surface area is 108 Å². The normalized spacial score (nSPS) is 46.4. The van der Waals surface area contributed by atoms with Gasteiger partial charge in [0, 0.05) is 19.3 Å². The molecule has 0 heterocycles. The average Bonchev–Trinajstić information content (AvgIpc) is 2.80. The molecule has 4 rings (SSSR count). The Hall–Kier alpha value is -0.920. The van der Waals surface area contributed by atoms with Gasteiger partial charge in [-0.05, 0) is 60.8 Å². The molecule has 2 fully saturated rings. The number of ketones is 2. The van der Waals surface area contributed by atoms with Crippen molar-refractivity contribution >= 4 is 11.6 Å². The summed E-state index contributed by atoms with van der Waals surface area (Å²) in [7, 11) is 0. The summed E-state index contributed by atoms with van der Waals surface area (Å²) < 4.78 is 0. The summed E-state index contributed by atoms with van der Waals surface area (Å²) in [5.74, 6) is 3.99. The molecule has 0 N–H and O–H groups in total. The Balaban J connectivity index is 1.65. The van der Waals surface area contributed by atoms with Crippen molar-refractivity contribution in [2.75, 3.05) is 0 Å². The van der Waals surface area contributed by atoms with Crippen LogP contribution in [0, 0.1) is 29.6 Å². The molecule has 18 heavy (non-hydrogen) atoms. The molecule has 2 bridgehead atoms. The van der Waals surface area contributed by atoms with Gasteiger partial charge in [-0.25, -0.2) is 0 Å². The van der Waals surface area contributed by atoms with Gasteiger partial charge >= 0.3 is 0 Å². The van der Waals surface area contributed by atoms with E-state index in [9.17, 15) is 9.59 Å². The molecule has 5 atom stereocenters. The van der Waals surface area contributed by atoms with Gasteiger partial charge < -0.3 is 0 Å². The van der Waals surface area contributed by atoms with Crippen LogP contribution < -0.4 is 0 Å². The topological polar surface area (TPSA) is 34.1 Å². The lowest BCUT2D eigenvalue weighted by atomic mass is 9.80. The smallest absolute Gasteiger partial charge is 0.159 e. The lowest BCUT2D eigenvalue weighted by molar-refractivity contribution is -0.118. The number of allylic oxidation sites excluding steroid dienone is 2. The van der Waals surface area contributed by atoms with Crippen LogP contribution in [0.3, 0.4) is 0 Å². The van der Waals surface area contributed by atoms with Gasteiger partial charge in [0.15, 0.2) is 5.78 Å². The predicted molar refractivity (Wildman–Crippen MR) is 67.9 cm³/mol. The lowest BCUT2D eigenvalue weighted by Crippen LogP contribution is -2.17. The van der Waals surface area contributed by atoms with E-state index >= 15 is 0 Å². The number of fused-ring (bicyclic) bond motifs is 4. The quantitative estimate of drug-likeness (QED) is 0.656. The second kappa shape index (κ2) is 3.79. The zero-order chi connectivity index (χ0) is 12.3. The molecular formula is C16H20O2. The van der Waals surface area contributed by atoms with Crippen LogP contribution in [0.15, 0.2) is 11.6 Å². The maximum atomic E-state index is 12.0. The van der Waals surface area contributed by atoms with E-state index in [1.54, 1.807) is 0 Å². The molecule has 0 aromatic rings. The first-order chi connectivity index (χ1) is 8.70. The molecular weight excluding hydrogens is 224 g/mol. The zero-order valence-corrected chi connectivity index (χ0v) is 10.7. The fourth-order valence-corrected chi connectivity index (χ4v) is 4.65. The van der Waals surface area contributed by atoms with Crippen LogP contribution in [0.4, 0.5) is 0 Å². The molecule has 5 unspecified atom stereocenters. The van der Waals surface area contributed by atoms with Gasteiger partial charge in [0.1, 0.15) is 5.78 Å². The second-order valence-corrected chi connectivity index (χ2v) is 6.88. The second-order valence-electron chi connectivity index (χ2n) is 6.88. The Morgan fingerprint density at radius 3 is 2.67 bits per heavy atom. The summed E-state index contributed by atoms with van der Waals surface area (Å²) in [5.41, 5.74) is 1.09. The summed E-state index contributed by atoms with van der Waals surface area (Å²) >= 11 is 0. The third-order valence-electron chi connectivity index (χ3n) is 5.76. The van der Waals surface area contributed by atoms with Crippen molar-refractivity contribution in [3.8, 4) is 0 Å². The van der Waals surface area contributed by atoms with E-state index in [1.807, 2.05) is 0 Å². The molecule has 0 aliphatic heterocycles. The van der Waals surface area contributed by atoms with Crippen molar-refractivity contribution in [1.82, 2.24) is 0 Å². The predicted octanol–water partition coefficient (Wildman–Crippen LogP) is 2.92. The highest BCUT2D eigenvalue weighted by Crippen LogP contribution is 2.53. The molecule has 0 aromatic heterocycles. The monoisotopic (exact) mass is 244 g/mol. The molecule has 96 valence electrons. The van der Waals surface area contributed by atoms with Crippen molar-refractivity contribution in [3.05, 3.63) is 11.6 Å². The summed E-state index contributed by atoms with van der Waals surface area (Å²) in [4.78, 5) is 23.8. The fraction of sp³-hybridized carbons (Fsp3) is 0.750. The van der Waals surface area contributed by atoms with Crippen molar-refractivity contribution in [3.63, 3.8) is 0 Å². The summed E-state index contributed by atoms with van der Waals surface area (Å²) in [5, 5.41) is 0. The van der Waals surface area contributed by atoms with Crippen LogP contribution in [-0.2, 0) is 9.59 Å². The van der Waals surface area contributed by atoms with Gasteiger partial charge in [-0.15, -0.1) is 0 Å². The van der Waals surface area contributed by atoms with E-state index in [2.05, 4.69) is 6.08 Å². The minimum Gasteiger partial charge on any atom is -0.300 e. The highest BCUT2D eigenvalue weighted by Gasteiger charge is 2.46. The standard InChI is InChI=1S/C16H20O2/c17-14-6-12-5-11-3-9(11)1-2-10-4-13(7-16(10)18)15(12)8-14/h4,9,11-13,15H,1-3,5-8H2. The van der Waals surface area contributed by atoms with Crippen LogP contribution >= 0.6 is 0 Å². The van der Waals surface area contributed by atoms with E-state index in [4.69, 9.17) is 0 Å². The third-order valence-corrected chi connectivity index (χ3v) is 5.76. The third kappa shape index (κ3) is 1.69. The maximum Gasteiger partial charge on any atom is 0.159 e. The van der Waals surface area contributed by atoms with Crippen LogP contribution in [0.25, 0.3) is 0 Å². The molecule has 2 saturated carbocycles. The molecule has 4 aliphatic carbocycles. The van der Waals surface area contributed by atoms with Gasteiger partial charge in [0.25, 0.3) is 0 Å². The van der Waals surface area contributed by atoms with Gasteiger partial charge in [-0.1, -0.05) is 6.08 Å². The van der Waals surface area contributed by atoms with Crippen molar-refractivity contribution in [1.29, 1.82) is 0 Å². The molecule has 4 aliphatic rings. The Bertz CT molecular complexity index is 448. The molecule has 0 aromatic carbocycles. The maximum absolute atomic E-state index is 12.0. The molecule has 2 nitrogen and oxygen atoms in total. The van der Waals surface area contributed by atoms with Crippen molar-refractivity contribution in [2.24, 2.45) is 29.6 Å². The van der Waals surface area contributed by atoms with Crippen LogP contribution in [0.2, 0.25) is 0 Å². The number of hydrogen-bond donors (Lipinski definition) is 0. The Morgan fingerprint density at radius 1 is 0.944 bits per heavy atom. The summed E-state index contributed by atoms with van der Waals surface area (Å²) in [6, 6.07) is 0. The molecule has 0 amide bonds. The first-order valence-electron chi connectivity index (χ1n) is 7.46. The van der Waals surface area contributed by atoms with Gasteiger partial charge in [-0.3, -0.25) is 9.59 Å². The number of rotatable bonds is 0. The van der Waals surface area contributed by atoms with Crippen LogP contribution in [0.1, 0.15) is 44.9 Å².